The molecule has 0 saturated carbocycles. The molecule has 4 heterocycles. The number of aryl methyl sites for hydroxylation is 2. The van der Waals surface area contributed by atoms with Crippen molar-refractivity contribution in [2.45, 2.75) is 36.0 Å². The summed E-state index contributed by atoms with van der Waals surface area (Å²) in [6.45, 7) is 2.09. The third kappa shape index (κ3) is 12.3. The summed E-state index contributed by atoms with van der Waals surface area (Å²) in [5, 5.41) is 2.34. The predicted molar refractivity (Wildman–Crippen MR) is 230 cm³/mol. The molecule has 26 heteroatoms. The summed E-state index contributed by atoms with van der Waals surface area (Å²) in [5.74, 6) is -1.95. The Hall–Kier alpha value is -6.73. The summed E-state index contributed by atoms with van der Waals surface area (Å²) < 4.78 is 135. The molecule has 0 spiro atoms. The molecule has 16 nitrogen and oxygen atoms in total. The van der Waals surface area contributed by atoms with Gasteiger partial charge in [-0.15, -0.1) is 0 Å². The topological polar surface area (TPSA) is 259 Å². The molecule has 0 radical (unpaired) electrons. The highest BCUT2D eigenvalue weighted by molar-refractivity contribution is 7.93. The fourth-order valence-corrected chi connectivity index (χ4v) is 8.13. The van der Waals surface area contributed by atoms with Crippen molar-refractivity contribution in [3.05, 3.63) is 152 Å². The lowest BCUT2D eigenvalue weighted by Gasteiger charge is -2.15. The van der Waals surface area contributed by atoms with Gasteiger partial charge >= 0.3 is 12.4 Å². The van der Waals surface area contributed by atoms with Gasteiger partial charge in [0.1, 0.15) is 23.0 Å². The SMILES string of the molecule is Cc1ccc(S(=O)(=O)Nc2cc(Cl)cnc2C(=O)c2ccnc(N)c2)cc1C(F)(F)F.Cc1ccc(S(=O)(=O)Nc2cc(Cl)cnc2C(=O)c2ccnc(NC(=O)CN)c2)cc1C(F)(F)F. The predicted octanol–water partition coefficient (Wildman–Crippen LogP) is 7.46. The van der Waals surface area contributed by atoms with Crippen molar-refractivity contribution in [3.8, 4) is 0 Å². The van der Waals surface area contributed by atoms with Gasteiger partial charge in [0.15, 0.2) is 0 Å². The Morgan fingerprint density at radius 2 is 1.05 bits per heavy atom. The van der Waals surface area contributed by atoms with Crippen molar-refractivity contribution in [2.75, 3.05) is 27.0 Å². The van der Waals surface area contributed by atoms with Crippen molar-refractivity contribution < 1.29 is 57.6 Å². The number of rotatable bonds is 12. The van der Waals surface area contributed by atoms with Crippen LogP contribution < -0.4 is 26.2 Å². The van der Waals surface area contributed by atoms with Crippen molar-refractivity contribution >= 4 is 83.7 Å². The monoisotopic (exact) mass is 997 g/mol. The molecule has 0 aliphatic heterocycles. The molecule has 0 fully saturated rings. The van der Waals surface area contributed by atoms with Gasteiger partial charge in [0.25, 0.3) is 20.0 Å². The lowest BCUT2D eigenvalue weighted by atomic mass is 10.1. The average Bonchev–Trinajstić information content (AvgIpc) is 3.22. The summed E-state index contributed by atoms with van der Waals surface area (Å²) in [7, 11) is -9.09. The molecule has 0 atom stereocenters. The van der Waals surface area contributed by atoms with E-state index in [9.17, 15) is 57.6 Å². The third-order valence-corrected chi connectivity index (χ3v) is 11.9. The largest absolute Gasteiger partial charge is 0.416 e. The number of amides is 1. The average molecular weight is 999 g/mol. The van der Waals surface area contributed by atoms with E-state index in [4.69, 9.17) is 34.7 Å². The van der Waals surface area contributed by atoms with E-state index in [1.54, 1.807) is 0 Å². The van der Waals surface area contributed by atoms with Crippen LogP contribution in [0.4, 0.5) is 49.4 Å². The number of pyridine rings is 4. The van der Waals surface area contributed by atoms with Gasteiger partial charge in [-0.1, -0.05) is 35.3 Å². The van der Waals surface area contributed by atoms with Gasteiger partial charge in [-0.25, -0.2) is 36.8 Å². The lowest BCUT2D eigenvalue weighted by molar-refractivity contribution is -0.139. The smallest absolute Gasteiger partial charge is 0.384 e. The van der Waals surface area contributed by atoms with E-state index in [-0.39, 0.29) is 73.2 Å². The highest BCUT2D eigenvalue weighted by atomic mass is 35.5. The first-order valence-corrected chi connectivity index (χ1v) is 21.9. The Bertz CT molecular complexity index is 3110. The quantitative estimate of drug-likeness (QED) is 0.0590. The van der Waals surface area contributed by atoms with Gasteiger partial charge < -0.3 is 16.8 Å². The fourth-order valence-electron chi connectivity index (χ4n) is 5.65. The maximum atomic E-state index is 13.3. The summed E-state index contributed by atoms with van der Waals surface area (Å²) in [4.78, 5) is 51.5. The number of hydrogen-bond donors (Lipinski definition) is 5. The minimum absolute atomic E-state index is 0.00313. The lowest BCUT2D eigenvalue weighted by Crippen LogP contribution is -2.22. The first-order chi connectivity index (χ1) is 30.7. The van der Waals surface area contributed by atoms with Crippen molar-refractivity contribution in [3.63, 3.8) is 0 Å². The number of anilines is 4. The van der Waals surface area contributed by atoms with Gasteiger partial charge in [-0.2, -0.15) is 26.3 Å². The molecule has 0 aliphatic carbocycles. The molecule has 66 heavy (non-hydrogen) atoms. The number of alkyl halides is 6. The third-order valence-electron chi connectivity index (χ3n) is 8.80. The first kappa shape index (κ1) is 50.3. The number of ketones is 2. The van der Waals surface area contributed by atoms with Crippen molar-refractivity contribution in [1.82, 2.24) is 19.9 Å². The molecule has 1 amide bonds. The Labute approximate surface area is 380 Å². The van der Waals surface area contributed by atoms with Gasteiger partial charge in [0, 0.05) is 35.9 Å². The van der Waals surface area contributed by atoms with E-state index in [2.05, 4.69) is 34.7 Å². The molecular weight excluding hydrogens is 968 g/mol. The molecule has 0 bridgehead atoms. The molecule has 6 aromatic rings. The van der Waals surface area contributed by atoms with Crippen LogP contribution in [-0.4, -0.2) is 60.8 Å². The highest BCUT2D eigenvalue weighted by Gasteiger charge is 2.35. The van der Waals surface area contributed by atoms with Crippen LogP contribution in [0.2, 0.25) is 10.0 Å². The van der Waals surface area contributed by atoms with Crippen LogP contribution in [0, 0.1) is 13.8 Å². The second-order valence-electron chi connectivity index (χ2n) is 13.6. The van der Waals surface area contributed by atoms with Gasteiger partial charge in [-0.3, -0.25) is 23.8 Å². The second kappa shape index (κ2) is 19.8. The number of nitrogens with one attached hydrogen (secondary N) is 3. The van der Waals surface area contributed by atoms with E-state index in [1.807, 2.05) is 0 Å². The zero-order valence-corrected chi connectivity index (χ0v) is 36.7. The summed E-state index contributed by atoms with van der Waals surface area (Å²) in [6.07, 6.45) is -4.77. The summed E-state index contributed by atoms with van der Waals surface area (Å²) in [5.41, 5.74) is 6.99. The van der Waals surface area contributed by atoms with E-state index >= 15 is 0 Å². The minimum atomic E-state index is -4.77. The Kier molecular flexibility index (Phi) is 15.1. The number of aromatic nitrogens is 4. The van der Waals surface area contributed by atoms with E-state index in [0.29, 0.717) is 12.1 Å². The van der Waals surface area contributed by atoms with Crippen LogP contribution in [0.1, 0.15) is 54.4 Å². The number of nitrogens with zero attached hydrogens (tertiary/aromatic N) is 4. The summed E-state index contributed by atoms with van der Waals surface area (Å²) in [6, 6.07) is 12.5. The molecule has 4 aromatic heterocycles. The van der Waals surface area contributed by atoms with Crippen LogP contribution in [0.5, 0.6) is 0 Å². The van der Waals surface area contributed by atoms with Crippen LogP contribution in [0.3, 0.4) is 0 Å². The van der Waals surface area contributed by atoms with E-state index in [0.717, 1.165) is 48.8 Å². The molecule has 0 saturated heterocycles. The zero-order valence-electron chi connectivity index (χ0n) is 33.6. The molecule has 0 aliphatic rings. The molecule has 2 aromatic carbocycles. The van der Waals surface area contributed by atoms with Crippen LogP contribution in [0.25, 0.3) is 0 Å². The van der Waals surface area contributed by atoms with Crippen LogP contribution in [-0.2, 0) is 37.2 Å². The summed E-state index contributed by atoms with van der Waals surface area (Å²) >= 11 is 11.8. The number of benzene rings is 2. The highest BCUT2D eigenvalue weighted by Crippen LogP contribution is 2.36. The first-order valence-electron chi connectivity index (χ1n) is 18.2. The number of sulfonamides is 2. The number of carbonyl (C=O) groups is 3. The van der Waals surface area contributed by atoms with Crippen LogP contribution >= 0.6 is 23.2 Å². The molecule has 6 rings (SSSR count). The van der Waals surface area contributed by atoms with Crippen molar-refractivity contribution in [2.24, 2.45) is 5.73 Å². The maximum absolute atomic E-state index is 13.3. The normalized spacial score (nSPS) is 11.8. The second-order valence-corrected chi connectivity index (χ2v) is 17.8. The van der Waals surface area contributed by atoms with Crippen molar-refractivity contribution in [1.29, 1.82) is 0 Å². The standard InChI is InChI=1S/C21H17ClF3N5O4S.C19H14ClF3N4O3S/c1-11-2-3-14(8-15(11)21(23,24)25)35(33,34)30-16-7-13(22)10-28-19(16)20(32)12-4-5-27-17(6-12)29-18(31)9-26;1-10-2-3-13(8-14(10)19(21,22)23)31(29,30)27-15-7-12(20)9-26-17(15)18(28)11-4-5-25-16(24)6-11/h2-8,10,30H,9,26H2,1H3,(H,27,29,31);2-9,27H,1H3,(H2,24,25). The number of nitrogens with two attached hydrogens (primary N) is 2. The fraction of sp³-hybridized carbons (Fsp3) is 0.125. The number of carbonyl (C=O) groups excluding carboxylic acids is 3. The van der Waals surface area contributed by atoms with Gasteiger partial charge in [-0.05, 0) is 85.6 Å². The molecular formula is C40H31Cl2F6N9O7S2. The molecule has 7 N–H and O–H groups in total. The zero-order chi connectivity index (χ0) is 48.9. The Morgan fingerprint density at radius 3 is 1.45 bits per heavy atom. The number of hydrogen-bond acceptors (Lipinski definition) is 13. The Balaban J connectivity index is 0.000000249. The Morgan fingerprint density at radius 1 is 0.621 bits per heavy atom. The molecule has 346 valence electrons. The molecule has 0 unspecified atom stereocenters. The minimum Gasteiger partial charge on any atom is -0.384 e. The van der Waals surface area contributed by atoms with E-state index < -0.39 is 70.8 Å². The van der Waals surface area contributed by atoms with Crippen LogP contribution in [0.15, 0.2) is 107 Å². The van der Waals surface area contributed by atoms with Gasteiger partial charge in [0.2, 0.25) is 17.5 Å². The number of nitrogen functional groups attached to an aromatic ring is 1. The number of halogens is 8. The van der Waals surface area contributed by atoms with E-state index in [1.165, 1.54) is 50.5 Å². The van der Waals surface area contributed by atoms with Gasteiger partial charge in [0.05, 0.1) is 48.9 Å². The maximum Gasteiger partial charge on any atom is 0.416 e.